The van der Waals surface area contributed by atoms with Crippen LogP contribution in [-0.2, 0) is 24.2 Å². The summed E-state index contributed by atoms with van der Waals surface area (Å²) in [5, 5.41) is 8.85. The molecule has 1 atom stereocenters. The van der Waals surface area contributed by atoms with Crippen molar-refractivity contribution in [1.82, 2.24) is 9.88 Å². The first-order valence-electron chi connectivity index (χ1n) is 9.82. The highest BCUT2D eigenvalue weighted by molar-refractivity contribution is 8.15. The van der Waals surface area contributed by atoms with Crippen molar-refractivity contribution in [2.45, 2.75) is 31.6 Å². The van der Waals surface area contributed by atoms with Gasteiger partial charge in [0, 0.05) is 18.0 Å². The van der Waals surface area contributed by atoms with Crippen LogP contribution in [0.3, 0.4) is 0 Å². The Morgan fingerprint density at radius 3 is 2.70 bits per heavy atom. The highest BCUT2D eigenvalue weighted by atomic mass is 32.2. The monoisotopic (exact) mass is 418 g/mol. The Morgan fingerprint density at radius 2 is 2.00 bits per heavy atom. The predicted octanol–water partition coefficient (Wildman–Crippen LogP) is 4.31. The van der Waals surface area contributed by atoms with Gasteiger partial charge in [-0.05, 0) is 42.2 Å². The molecule has 1 saturated heterocycles. The van der Waals surface area contributed by atoms with Crippen LogP contribution in [0, 0.1) is 0 Å². The third kappa shape index (κ3) is 4.86. The summed E-state index contributed by atoms with van der Waals surface area (Å²) in [6, 6.07) is 15.8. The van der Waals surface area contributed by atoms with Crippen molar-refractivity contribution < 1.29 is 9.21 Å². The summed E-state index contributed by atoms with van der Waals surface area (Å²) >= 11 is 1.44. The van der Waals surface area contributed by atoms with Gasteiger partial charge in [-0.1, -0.05) is 49.0 Å². The van der Waals surface area contributed by atoms with Gasteiger partial charge in [-0.25, -0.2) is 0 Å². The van der Waals surface area contributed by atoms with E-state index in [1.807, 2.05) is 24.3 Å². The fourth-order valence-electron chi connectivity index (χ4n) is 3.14. The maximum Gasteiger partial charge on any atom is 0.242 e. The molecular formula is C23H22N4O2S. The van der Waals surface area contributed by atoms with Crippen molar-refractivity contribution in [3.63, 3.8) is 0 Å². The maximum atomic E-state index is 13.1. The van der Waals surface area contributed by atoms with E-state index in [4.69, 9.17) is 4.42 Å². The number of carbonyl (C=O) groups is 1. The van der Waals surface area contributed by atoms with Gasteiger partial charge in [-0.3, -0.25) is 14.7 Å². The minimum absolute atomic E-state index is 0.0197. The SMILES string of the molecule is CCc1ccc(CC2S/C(=N/N=C/c3cccnc3)N(Cc3ccco3)C2=O)cc1. The number of amidine groups is 1. The highest BCUT2D eigenvalue weighted by Crippen LogP contribution is 2.31. The Morgan fingerprint density at radius 1 is 1.17 bits per heavy atom. The summed E-state index contributed by atoms with van der Waals surface area (Å²) in [6.45, 7) is 2.47. The summed E-state index contributed by atoms with van der Waals surface area (Å²) < 4.78 is 5.44. The number of aryl methyl sites for hydroxylation is 1. The molecule has 30 heavy (non-hydrogen) atoms. The Hall–Kier alpha value is -3.19. The normalized spacial score (nSPS) is 18.0. The molecule has 3 heterocycles. The van der Waals surface area contributed by atoms with E-state index in [0.717, 1.165) is 17.5 Å². The lowest BCUT2D eigenvalue weighted by molar-refractivity contribution is -0.126. The van der Waals surface area contributed by atoms with Crippen LogP contribution in [-0.4, -0.2) is 32.4 Å². The minimum atomic E-state index is -0.236. The maximum absolute atomic E-state index is 13.1. The zero-order valence-electron chi connectivity index (χ0n) is 16.6. The van der Waals surface area contributed by atoms with E-state index in [9.17, 15) is 4.79 Å². The lowest BCUT2D eigenvalue weighted by atomic mass is 10.1. The zero-order chi connectivity index (χ0) is 20.8. The molecular weight excluding hydrogens is 396 g/mol. The molecule has 2 aromatic heterocycles. The third-order valence-electron chi connectivity index (χ3n) is 4.80. The molecule has 0 aliphatic carbocycles. The summed E-state index contributed by atoms with van der Waals surface area (Å²) in [5.74, 6) is 0.729. The average molecular weight is 419 g/mol. The number of benzene rings is 1. The summed E-state index contributed by atoms with van der Waals surface area (Å²) in [5.41, 5.74) is 3.27. The second-order valence-electron chi connectivity index (χ2n) is 6.90. The van der Waals surface area contributed by atoms with Crippen LogP contribution in [0.4, 0.5) is 0 Å². The molecule has 0 radical (unpaired) electrons. The molecule has 1 fully saturated rings. The lowest BCUT2D eigenvalue weighted by Crippen LogP contribution is -2.32. The fraction of sp³-hybridized carbons (Fsp3) is 0.217. The predicted molar refractivity (Wildman–Crippen MR) is 119 cm³/mol. The fourth-order valence-corrected chi connectivity index (χ4v) is 4.28. The van der Waals surface area contributed by atoms with Crippen LogP contribution in [0.5, 0.6) is 0 Å². The first-order valence-corrected chi connectivity index (χ1v) is 10.7. The van der Waals surface area contributed by atoms with Gasteiger partial charge in [-0.2, -0.15) is 5.10 Å². The summed E-state index contributed by atoms with van der Waals surface area (Å²) in [4.78, 5) is 18.8. The topological polar surface area (TPSA) is 71.1 Å². The number of amides is 1. The van der Waals surface area contributed by atoms with Crippen molar-refractivity contribution in [1.29, 1.82) is 0 Å². The number of rotatable bonds is 7. The molecule has 1 aromatic carbocycles. The Balaban J connectivity index is 1.53. The van der Waals surface area contributed by atoms with Crippen LogP contribution in [0.1, 0.15) is 29.4 Å². The third-order valence-corrected chi connectivity index (χ3v) is 5.97. The van der Waals surface area contributed by atoms with Crippen molar-refractivity contribution in [3.8, 4) is 0 Å². The van der Waals surface area contributed by atoms with Gasteiger partial charge in [0.25, 0.3) is 0 Å². The van der Waals surface area contributed by atoms with Crippen molar-refractivity contribution >= 4 is 29.1 Å². The molecule has 4 rings (SSSR count). The molecule has 0 spiro atoms. The molecule has 1 unspecified atom stereocenters. The van der Waals surface area contributed by atoms with E-state index in [-0.39, 0.29) is 11.2 Å². The van der Waals surface area contributed by atoms with Gasteiger partial charge in [0.1, 0.15) is 5.76 Å². The second kappa shape index (κ2) is 9.54. The quantitative estimate of drug-likeness (QED) is 0.423. The summed E-state index contributed by atoms with van der Waals surface area (Å²) in [6.07, 6.45) is 8.30. The molecule has 3 aromatic rings. The molecule has 0 N–H and O–H groups in total. The first kappa shape index (κ1) is 20.1. The molecule has 7 heteroatoms. The lowest BCUT2D eigenvalue weighted by Gasteiger charge is -2.14. The van der Waals surface area contributed by atoms with Gasteiger partial charge >= 0.3 is 0 Å². The number of nitrogens with zero attached hydrogens (tertiary/aromatic N) is 4. The first-order chi connectivity index (χ1) is 14.7. The van der Waals surface area contributed by atoms with E-state index in [2.05, 4.69) is 46.4 Å². The standard InChI is InChI=1S/C23H22N4O2S/c1-2-17-7-9-18(10-8-17)13-21-22(28)27(16-20-6-4-12-29-20)23(30-21)26-25-15-19-5-3-11-24-14-19/h3-12,14-15,21H,2,13,16H2,1H3/b25-15+,26-23+. The smallest absolute Gasteiger partial charge is 0.242 e. The van der Waals surface area contributed by atoms with E-state index >= 15 is 0 Å². The Labute approximate surface area is 179 Å². The van der Waals surface area contributed by atoms with Crippen molar-refractivity contribution in [2.24, 2.45) is 10.2 Å². The second-order valence-corrected chi connectivity index (χ2v) is 8.07. The van der Waals surface area contributed by atoms with Crippen LogP contribution in [0.25, 0.3) is 0 Å². The number of pyridine rings is 1. The average Bonchev–Trinajstić information content (AvgIpc) is 3.39. The molecule has 152 valence electrons. The molecule has 6 nitrogen and oxygen atoms in total. The van der Waals surface area contributed by atoms with Gasteiger partial charge in [0.05, 0.1) is 24.3 Å². The summed E-state index contributed by atoms with van der Waals surface area (Å²) in [7, 11) is 0. The van der Waals surface area contributed by atoms with E-state index < -0.39 is 0 Å². The molecule has 0 saturated carbocycles. The Bertz CT molecular complexity index is 1030. The van der Waals surface area contributed by atoms with Gasteiger partial charge < -0.3 is 4.42 Å². The van der Waals surface area contributed by atoms with Crippen LogP contribution >= 0.6 is 11.8 Å². The van der Waals surface area contributed by atoms with Gasteiger partial charge in [-0.15, -0.1) is 5.10 Å². The number of hydrogen-bond donors (Lipinski definition) is 0. The Kier molecular flexibility index (Phi) is 6.39. The molecule has 1 aliphatic rings. The highest BCUT2D eigenvalue weighted by Gasteiger charge is 2.38. The van der Waals surface area contributed by atoms with Crippen molar-refractivity contribution in [2.75, 3.05) is 0 Å². The van der Waals surface area contributed by atoms with Gasteiger partial charge in [0.15, 0.2) is 5.17 Å². The number of hydrogen-bond acceptors (Lipinski definition) is 6. The number of thioether (sulfide) groups is 1. The molecule has 1 aliphatic heterocycles. The van der Waals surface area contributed by atoms with E-state index in [1.165, 1.54) is 17.3 Å². The van der Waals surface area contributed by atoms with Crippen LogP contribution in [0.2, 0.25) is 0 Å². The van der Waals surface area contributed by atoms with Gasteiger partial charge in [0.2, 0.25) is 5.91 Å². The number of furan rings is 1. The molecule has 1 amide bonds. The van der Waals surface area contributed by atoms with Crippen molar-refractivity contribution in [3.05, 3.63) is 89.6 Å². The van der Waals surface area contributed by atoms with Crippen LogP contribution in [0.15, 0.2) is 81.8 Å². The van der Waals surface area contributed by atoms with Crippen LogP contribution < -0.4 is 0 Å². The van der Waals surface area contributed by atoms with E-state index in [1.54, 1.807) is 29.8 Å². The van der Waals surface area contributed by atoms with E-state index in [0.29, 0.717) is 23.9 Å². The molecule has 0 bridgehead atoms. The number of aromatic nitrogens is 1. The number of carbonyl (C=O) groups excluding carboxylic acids is 1. The zero-order valence-corrected chi connectivity index (χ0v) is 17.5. The largest absolute Gasteiger partial charge is 0.467 e. The minimum Gasteiger partial charge on any atom is -0.467 e.